The lowest BCUT2D eigenvalue weighted by atomic mass is 9.91. The molecule has 338 valence electrons. The van der Waals surface area contributed by atoms with E-state index >= 15 is 0 Å². The van der Waals surface area contributed by atoms with Crippen molar-refractivity contribution in [1.29, 1.82) is 0 Å². The molecule has 0 saturated heterocycles. The molecule has 59 heavy (non-hydrogen) atoms. The van der Waals surface area contributed by atoms with Gasteiger partial charge in [0.1, 0.15) is 0 Å². The minimum Gasteiger partial charge on any atom is -0.437 e. The Morgan fingerprint density at radius 3 is 1.19 bits per heavy atom. The van der Waals surface area contributed by atoms with Gasteiger partial charge in [-0.25, -0.2) is 0 Å². The van der Waals surface area contributed by atoms with Crippen molar-refractivity contribution in [3.63, 3.8) is 0 Å². The number of fused-ring (bicyclic) bond motifs is 3. The second-order valence-corrected chi connectivity index (χ2v) is 62.5. The van der Waals surface area contributed by atoms with E-state index in [2.05, 4.69) is 180 Å². The fraction of sp³-hybridized carbons (Fsp3) is 0.707. The first-order valence-corrected chi connectivity index (χ1v) is 52.1. The van der Waals surface area contributed by atoms with E-state index in [0.29, 0.717) is 0 Å². The monoisotopic (exact) mass is 986 g/mol. The van der Waals surface area contributed by atoms with Gasteiger partial charge >= 0.3 is 51.4 Å². The molecule has 0 amide bonds. The normalized spacial score (nSPS) is 15.2. The number of benzene rings is 2. The highest BCUT2D eigenvalue weighted by molar-refractivity contribution is 6.91. The van der Waals surface area contributed by atoms with Gasteiger partial charge in [0.15, 0.2) is 33.3 Å². The summed E-state index contributed by atoms with van der Waals surface area (Å²) in [6.07, 6.45) is 5.36. The molecule has 2 aromatic rings. The van der Waals surface area contributed by atoms with Crippen LogP contribution in [0.15, 0.2) is 36.4 Å². The van der Waals surface area contributed by atoms with Crippen LogP contribution in [-0.4, -0.2) is 84.6 Å². The summed E-state index contributed by atoms with van der Waals surface area (Å²) in [6.45, 7) is 49.0. The summed E-state index contributed by atoms with van der Waals surface area (Å²) < 4.78 is 54.3. The fourth-order valence-electron chi connectivity index (χ4n) is 9.66. The van der Waals surface area contributed by atoms with Crippen LogP contribution in [0.3, 0.4) is 0 Å². The minimum absolute atomic E-state index is 1.02. The summed E-state index contributed by atoms with van der Waals surface area (Å²) in [6, 6.07) is 16.0. The van der Waals surface area contributed by atoms with Gasteiger partial charge in [0, 0.05) is 0 Å². The molecular weight excluding hydrogens is 901 g/mol. The van der Waals surface area contributed by atoms with Gasteiger partial charge in [-0.2, -0.15) is 0 Å². The van der Waals surface area contributed by atoms with Crippen LogP contribution in [0, 0.1) is 0 Å². The first-order chi connectivity index (χ1) is 26.3. The molecule has 1 aliphatic carbocycles. The second kappa shape index (κ2) is 19.4. The Labute approximate surface area is 373 Å². The Morgan fingerprint density at radius 1 is 0.390 bits per heavy atom. The Kier molecular flexibility index (Phi) is 17.6. The zero-order chi connectivity index (χ0) is 45.3. The summed E-state index contributed by atoms with van der Waals surface area (Å²) in [5.74, 6) is 0. The SMILES string of the molecule is C[Si](C)(C)O[Si](C)(C)O[Si](C)(C)O[Si](C)(C)O[Si](C)(C)CCCc1ccc2c(c1CCC[Si](C)(C)O[Si](C)(C)O[Si](C)(C)O[Si](C)(C)O[Si](C)(C)C)Cc1ccccc1-2. The van der Waals surface area contributed by atoms with E-state index in [4.69, 9.17) is 32.9 Å². The number of rotatable bonds is 24. The van der Waals surface area contributed by atoms with Crippen LogP contribution in [0.4, 0.5) is 0 Å². The van der Waals surface area contributed by atoms with E-state index < -0.39 is 84.6 Å². The quantitative estimate of drug-likeness (QED) is 0.0822. The average Bonchev–Trinajstić information content (AvgIpc) is 3.30. The number of aryl methyl sites for hydroxylation is 1. The highest BCUT2D eigenvalue weighted by Gasteiger charge is 2.47. The summed E-state index contributed by atoms with van der Waals surface area (Å²) in [5, 5.41) is 0. The zero-order valence-electron chi connectivity index (χ0n) is 41.7. The highest BCUT2D eigenvalue weighted by atomic mass is 28.5. The Balaban J connectivity index is 1.70. The lowest BCUT2D eigenvalue weighted by Crippen LogP contribution is -2.58. The van der Waals surface area contributed by atoms with E-state index in [1.54, 1.807) is 5.56 Å². The van der Waals surface area contributed by atoms with Crippen molar-refractivity contribution in [2.24, 2.45) is 0 Å². The molecule has 2 aromatic carbocycles. The van der Waals surface area contributed by atoms with E-state index in [-0.39, 0.29) is 0 Å². The lowest BCUT2D eigenvalue weighted by Gasteiger charge is -2.42. The van der Waals surface area contributed by atoms with Crippen molar-refractivity contribution in [2.75, 3.05) is 0 Å². The molecule has 0 unspecified atom stereocenters. The van der Waals surface area contributed by atoms with Gasteiger partial charge in [-0.3, -0.25) is 0 Å². The standard InChI is InChI=1S/C41H86O8Si10/c1-50(2,3)42-54(11,12)46-58(19,20)48-56(15,16)44-52(7,8)33-25-28-36-31-32-40-39-29-24-23-27-37(39)35-41(40)38(36)30-26-34-53(9,10)45-57(17,18)49-59(21,22)47-55(13,14)43-51(4,5)6/h23-24,27,29,31-32H,25-26,28,30,33-35H2,1-22H3. The molecule has 0 aliphatic heterocycles. The molecule has 0 heterocycles. The molecule has 3 rings (SSSR count). The molecule has 0 radical (unpaired) electrons. The van der Waals surface area contributed by atoms with E-state index in [0.717, 1.165) is 44.2 Å². The number of hydrogen-bond donors (Lipinski definition) is 0. The van der Waals surface area contributed by atoms with Crippen molar-refractivity contribution in [3.05, 3.63) is 58.7 Å². The molecule has 1 aliphatic rings. The van der Waals surface area contributed by atoms with Crippen LogP contribution in [0.25, 0.3) is 11.1 Å². The first-order valence-electron chi connectivity index (χ1n) is 22.1. The summed E-state index contributed by atoms with van der Waals surface area (Å²) in [5.41, 5.74) is 8.86. The average molecular weight is 988 g/mol. The Bertz CT molecular complexity index is 1720. The Morgan fingerprint density at radius 2 is 0.763 bits per heavy atom. The molecule has 0 atom stereocenters. The van der Waals surface area contributed by atoms with Crippen molar-refractivity contribution < 1.29 is 32.9 Å². The summed E-state index contributed by atoms with van der Waals surface area (Å²) in [7, 11) is -22.0. The molecule has 0 fully saturated rings. The van der Waals surface area contributed by atoms with Gasteiger partial charge in [-0.15, -0.1) is 0 Å². The maximum Gasteiger partial charge on any atom is 0.314 e. The van der Waals surface area contributed by atoms with Gasteiger partial charge in [0.05, 0.1) is 0 Å². The van der Waals surface area contributed by atoms with Gasteiger partial charge in [-0.1, -0.05) is 36.4 Å². The third-order valence-electron chi connectivity index (χ3n) is 9.75. The fourth-order valence-corrected chi connectivity index (χ4v) is 57.2. The summed E-state index contributed by atoms with van der Waals surface area (Å²) >= 11 is 0. The molecule has 18 heteroatoms. The highest BCUT2D eigenvalue weighted by Crippen LogP contribution is 2.41. The van der Waals surface area contributed by atoms with Gasteiger partial charge in [0.25, 0.3) is 0 Å². The molecule has 0 bridgehead atoms. The molecule has 0 spiro atoms. The Hall–Kier alpha value is 0.289. The van der Waals surface area contributed by atoms with Gasteiger partial charge < -0.3 is 32.9 Å². The first kappa shape index (κ1) is 53.6. The predicted molar refractivity (Wildman–Crippen MR) is 276 cm³/mol. The molecule has 0 aromatic heterocycles. The maximum absolute atomic E-state index is 7.07. The van der Waals surface area contributed by atoms with Crippen LogP contribution in [-0.2, 0) is 52.2 Å². The van der Waals surface area contributed by atoms with Crippen LogP contribution in [0.2, 0.25) is 156 Å². The summed E-state index contributed by atoms with van der Waals surface area (Å²) in [4.78, 5) is 0. The molecule has 0 saturated carbocycles. The van der Waals surface area contributed by atoms with Gasteiger partial charge in [0.2, 0.25) is 0 Å². The lowest BCUT2D eigenvalue weighted by molar-refractivity contribution is 0.296. The number of hydrogen-bond acceptors (Lipinski definition) is 8. The van der Waals surface area contributed by atoms with Crippen LogP contribution in [0.1, 0.15) is 35.1 Å². The molecule has 8 nitrogen and oxygen atoms in total. The van der Waals surface area contributed by atoms with Crippen LogP contribution >= 0.6 is 0 Å². The van der Waals surface area contributed by atoms with Crippen molar-refractivity contribution in [1.82, 2.24) is 0 Å². The van der Waals surface area contributed by atoms with E-state index in [9.17, 15) is 0 Å². The van der Waals surface area contributed by atoms with Crippen LogP contribution < -0.4 is 0 Å². The van der Waals surface area contributed by atoms with Crippen molar-refractivity contribution in [2.45, 2.75) is 188 Å². The minimum atomic E-state index is -2.47. The zero-order valence-corrected chi connectivity index (χ0v) is 51.7. The van der Waals surface area contributed by atoms with E-state index in [1.807, 2.05) is 0 Å². The van der Waals surface area contributed by atoms with E-state index in [1.165, 1.54) is 27.8 Å². The van der Waals surface area contributed by atoms with Crippen LogP contribution in [0.5, 0.6) is 0 Å². The smallest absolute Gasteiger partial charge is 0.314 e. The third-order valence-corrected chi connectivity index (χ3v) is 45.8. The van der Waals surface area contributed by atoms with Crippen molar-refractivity contribution >= 4 is 84.6 Å². The maximum atomic E-state index is 7.07. The largest absolute Gasteiger partial charge is 0.437 e. The second-order valence-electron chi connectivity index (χ2n) is 22.7. The van der Waals surface area contributed by atoms with Crippen molar-refractivity contribution in [3.8, 4) is 11.1 Å². The molecule has 0 N–H and O–H groups in total. The van der Waals surface area contributed by atoms with Gasteiger partial charge in [-0.05, 0) is 222 Å². The third kappa shape index (κ3) is 19.1. The molecular formula is C41H86O8Si10. The predicted octanol–water partition coefficient (Wildman–Crippen LogP) is 13.5. The topological polar surface area (TPSA) is 73.8 Å².